The van der Waals surface area contributed by atoms with Gasteiger partial charge in [0, 0.05) is 19.2 Å². The number of amides is 1. The Hall–Kier alpha value is -1.78. The maximum atomic E-state index is 11.9. The van der Waals surface area contributed by atoms with E-state index in [4.69, 9.17) is 9.47 Å². The van der Waals surface area contributed by atoms with Crippen molar-refractivity contribution in [3.63, 3.8) is 0 Å². The first-order valence-corrected chi connectivity index (χ1v) is 7.32. The molecular formula is C16H25NO4. The molecule has 0 atom stereocenters. The lowest BCUT2D eigenvalue weighted by Gasteiger charge is -2.30. The number of carbonyl (C=O) groups excluding carboxylic acids is 2. The highest BCUT2D eigenvalue weighted by Crippen LogP contribution is 2.18. The molecule has 0 aliphatic carbocycles. The lowest BCUT2D eigenvalue weighted by molar-refractivity contribution is -0.137. The van der Waals surface area contributed by atoms with Crippen LogP contribution in [0.4, 0.5) is 4.79 Å². The predicted molar refractivity (Wildman–Crippen MR) is 80.9 cm³/mol. The fraction of sp³-hybridized carbons (Fsp3) is 0.625. The average molecular weight is 295 g/mol. The van der Waals surface area contributed by atoms with Crippen LogP contribution in [0.5, 0.6) is 0 Å². The molecule has 0 unspecified atom stereocenters. The Balaban J connectivity index is 2.41. The molecule has 0 aromatic rings. The standard InChI is InChI=1S/C16H25NO4/c1-5-20-14(18)8-6-7-13-9-11-17(12-10-13)15(19)21-16(2,3)4/h6-8H,5,9-12H2,1-4H3. The van der Waals surface area contributed by atoms with Crippen molar-refractivity contribution in [1.82, 2.24) is 4.90 Å². The van der Waals surface area contributed by atoms with Crippen molar-refractivity contribution in [3.05, 3.63) is 23.8 Å². The van der Waals surface area contributed by atoms with Gasteiger partial charge in [-0.15, -0.1) is 0 Å². The van der Waals surface area contributed by atoms with Gasteiger partial charge in [-0.2, -0.15) is 0 Å². The van der Waals surface area contributed by atoms with Crippen LogP contribution in [0.25, 0.3) is 0 Å². The molecule has 1 aliphatic heterocycles. The second-order valence-corrected chi connectivity index (χ2v) is 5.90. The maximum Gasteiger partial charge on any atom is 0.410 e. The van der Waals surface area contributed by atoms with Crippen LogP contribution in [0.1, 0.15) is 40.5 Å². The van der Waals surface area contributed by atoms with Gasteiger partial charge in [0.1, 0.15) is 5.60 Å². The molecule has 0 aromatic heterocycles. The fourth-order valence-corrected chi connectivity index (χ4v) is 1.92. The summed E-state index contributed by atoms with van der Waals surface area (Å²) in [5.74, 6) is -0.333. The number of carbonyl (C=O) groups is 2. The Morgan fingerprint density at radius 1 is 1.24 bits per heavy atom. The van der Waals surface area contributed by atoms with Crippen molar-refractivity contribution in [2.75, 3.05) is 19.7 Å². The number of ether oxygens (including phenoxy) is 2. The number of hydrogen-bond donors (Lipinski definition) is 0. The molecule has 0 N–H and O–H groups in total. The first kappa shape index (κ1) is 17.3. The molecule has 0 bridgehead atoms. The Morgan fingerprint density at radius 2 is 1.86 bits per heavy atom. The van der Waals surface area contributed by atoms with Gasteiger partial charge < -0.3 is 14.4 Å². The Bertz CT molecular complexity index is 422. The molecule has 0 radical (unpaired) electrons. The van der Waals surface area contributed by atoms with Gasteiger partial charge in [0.05, 0.1) is 6.61 Å². The van der Waals surface area contributed by atoms with E-state index in [1.54, 1.807) is 17.9 Å². The number of nitrogens with zero attached hydrogens (tertiary/aromatic N) is 1. The van der Waals surface area contributed by atoms with Crippen molar-refractivity contribution in [3.8, 4) is 0 Å². The van der Waals surface area contributed by atoms with Crippen molar-refractivity contribution in [1.29, 1.82) is 0 Å². The molecule has 1 heterocycles. The summed E-state index contributed by atoms with van der Waals surface area (Å²) >= 11 is 0. The van der Waals surface area contributed by atoms with Crippen molar-refractivity contribution in [2.45, 2.75) is 46.1 Å². The third kappa shape index (κ3) is 6.97. The van der Waals surface area contributed by atoms with E-state index in [-0.39, 0.29) is 12.1 Å². The van der Waals surface area contributed by atoms with Crippen LogP contribution in [0, 0.1) is 0 Å². The third-order valence-electron chi connectivity index (χ3n) is 2.91. The first-order valence-electron chi connectivity index (χ1n) is 7.32. The van der Waals surface area contributed by atoms with Crippen LogP contribution in [0.15, 0.2) is 23.8 Å². The summed E-state index contributed by atoms with van der Waals surface area (Å²) in [6.07, 6.45) is 6.37. The summed E-state index contributed by atoms with van der Waals surface area (Å²) in [6.45, 7) is 9.03. The smallest absolute Gasteiger partial charge is 0.410 e. The normalized spacial score (nSPS) is 16.0. The van der Waals surface area contributed by atoms with E-state index in [1.807, 2.05) is 26.8 Å². The monoisotopic (exact) mass is 295 g/mol. The van der Waals surface area contributed by atoms with Crippen LogP contribution >= 0.6 is 0 Å². The number of allylic oxidation sites excluding steroid dienone is 2. The van der Waals surface area contributed by atoms with Gasteiger partial charge in [0.2, 0.25) is 0 Å². The topological polar surface area (TPSA) is 55.8 Å². The molecule has 1 rings (SSSR count). The van der Waals surface area contributed by atoms with Crippen molar-refractivity contribution >= 4 is 12.1 Å². The third-order valence-corrected chi connectivity index (χ3v) is 2.91. The molecule has 1 fully saturated rings. The van der Waals surface area contributed by atoms with Gasteiger partial charge >= 0.3 is 12.1 Å². The number of esters is 1. The SMILES string of the molecule is CCOC(=O)C=CC=C1CCN(C(=O)OC(C)(C)C)CC1. The zero-order valence-electron chi connectivity index (χ0n) is 13.3. The van der Waals surface area contributed by atoms with E-state index >= 15 is 0 Å². The molecule has 1 saturated heterocycles. The highest BCUT2D eigenvalue weighted by molar-refractivity contribution is 5.82. The fourth-order valence-electron chi connectivity index (χ4n) is 1.92. The summed E-state index contributed by atoms with van der Waals surface area (Å²) in [4.78, 5) is 24.8. The number of piperidine rings is 1. The molecule has 0 saturated carbocycles. The molecule has 5 heteroatoms. The Morgan fingerprint density at radius 3 is 2.38 bits per heavy atom. The van der Waals surface area contributed by atoms with Gasteiger partial charge in [-0.25, -0.2) is 9.59 Å². The van der Waals surface area contributed by atoms with E-state index in [0.717, 1.165) is 12.8 Å². The zero-order valence-corrected chi connectivity index (χ0v) is 13.3. The first-order chi connectivity index (χ1) is 9.81. The van der Waals surface area contributed by atoms with Crippen molar-refractivity contribution < 1.29 is 19.1 Å². The van der Waals surface area contributed by atoms with Crippen LogP contribution in [0.2, 0.25) is 0 Å². The minimum Gasteiger partial charge on any atom is -0.463 e. The van der Waals surface area contributed by atoms with E-state index in [1.165, 1.54) is 11.6 Å². The summed E-state index contributed by atoms with van der Waals surface area (Å²) < 4.78 is 10.1. The minimum atomic E-state index is -0.463. The quantitative estimate of drug-likeness (QED) is 0.593. The summed E-state index contributed by atoms with van der Waals surface area (Å²) in [5.41, 5.74) is 0.755. The van der Waals surface area contributed by atoms with E-state index in [9.17, 15) is 9.59 Å². The highest BCUT2D eigenvalue weighted by Gasteiger charge is 2.24. The number of likely N-dealkylation sites (tertiary alicyclic amines) is 1. The minimum absolute atomic E-state index is 0.261. The summed E-state index contributed by atoms with van der Waals surface area (Å²) in [7, 11) is 0. The van der Waals surface area contributed by atoms with E-state index in [2.05, 4.69) is 0 Å². The van der Waals surface area contributed by atoms with Crippen molar-refractivity contribution in [2.24, 2.45) is 0 Å². The Labute approximate surface area is 126 Å². The van der Waals surface area contributed by atoms with Gasteiger partial charge in [0.15, 0.2) is 0 Å². The molecule has 0 spiro atoms. The largest absolute Gasteiger partial charge is 0.463 e. The van der Waals surface area contributed by atoms with Gasteiger partial charge in [-0.3, -0.25) is 0 Å². The lowest BCUT2D eigenvalue weighted by atomic mass is 10.0. The molecule has 21 heavy (non-hydrogen) atoms. The molecule has 0 aromatic carbocycles. The van der Waals surface area contributed by atoms with Crippen LogP contribution in [-0.4, -0.2) is 42.3 Å². The van der Waals surface area contributed by atoms with Crippen LogP contribution in [-0.2, 0) is 14.3 Å². The average Bonchev–Trinajstić information content (AvgIpc) is 2.38. The van der Waals surface area contributed by atoms with E-state index < -0.39 is 5.60 Å². The molecule has 5 nitrogen and oxygen atoms in total. The lowest BCUT2D eigenvalue weighted by Crippen LogP contribution is -2.40. The highest BCUT2D eigenvalue weighted by atomic mass is 16.6. The number of rotatable bonds is 3. The summed E-state index contributed by atoms with van der Waals surface area (Å²) in [6, 6.07) is 0. The Kier molecular flexibility index (Phi) is 6.46. The molecule has 1 aliphatic rings. The summed E-state index contributed by atoms with van der Waals surface area (Å²) in [5, 5.41) is 0. The molecule has 1 amide bonds. The van der Waals surface area contributed by atoms with E-state index in [0.29, 0.717) is 19.7 Å². The van der Waals surface area contributed by atoms with Gasteiger partial charge in [-0.05, 0) is 40.5 Å². The molecular weight excluding hydrogens is 270 g/mol. The molecule has 118 valence electrons. The number of hydrogen-bond acceptors (Lipinski definition) is 4. The van der Waals surface area contributed by atoms with Crippen LogP contribution in [0.3, 0.4) is 0 Å². The van der Waals surface area contributed by atoms with Gasteiger partial charge in [-0.1, -0.05) is 17.7 Å². The van der Waals surface area contributed by atoms with Crippen LogP contribution < -0.4 is 0 Å². The second kappa shape index (κ2) is 7.86. The van der Waals surface area contributed by atoms with Gasteiger partial charge in [0.25, 0.3) is 0 Å². The zero-order chi connectivity index (χ0) is 15.9. The second-order valence-electron chi connectivity index (χ2n) is 5.90. The predicted octanol–water partition coefficient (Wildman–Crippen LogP) is 3.06. The maximum absolute atomic E-state index is 11.9.